The van der Waals surface area contributed by atoms with Gasteiger partial charge >= 0.3 is 6.03 Å². The fourth-order valence-corrected chi connectivity index (χ4v) is 2.95. The summed E-state index contributed by atoms with van der Waals surface area (Å²) < 4.78 is 4.99. The first-order valence-electron chi connectivity index (χ1n) is 7.89. The Balaban J connectivity index is 1.90. The number of hydrogen-bond donors (Lipinski definition) is 3. The van der Waals surface area contributed by atoms with Gasteiger partial charge in [-0.1, -0.05) is 24.3 Å². The molecule has 0 bridgehead atoms. The third-order valence-electron chi connectivity index (χ3n) is 4.23. The molecule has 0 aromatic heterocycles. The van der Waals surface area contributed by atoms with Gasteiger partial charge in [0, 0.05) is 19.8 Å². The third-order valence-corrected chi connectivity index (χ3v) is 4.23. The Morgan fingerprint density at radius 2 is 2.23 bits per heavy atom. The van der Waals surface area contributed by atoms with E-state index in [1.807, 2.05) is 31.2 Å². The number of amides is 2. The van der Waals surface area contributed by atoms with Gasteiger partial charge in [0.05, 0.1) is 6.54 Å². The third kappa shape index (κ3) is 4.21. The number of benzene rings is 1. The van der Waals surface area contributed by atoms with Crippen molar-refractivity contribution < 1.29 is 14.6 Å². The maximum Gasteiger partial charge on any atom is 0.315 e. The first-order valence-corrected chi connectivity index (χ1v) is 7.89. The molecule has 0 radical (unpaired) electrons. The van der Waals surface area contributed by atoms with Crippen molar-refractivity contribution in [1.82, 2.24) is 10.6 Å². The van der Waals surface area contributed by atoms with E-state index in [4.69, 9.17) is 4.74 Å². The lowest BCUT2D eigenvalue weighted by atomic mass is 9.79. The summed E-state index contributed by atoms with van der Waals surface area (Å²) in [5, 5.41) is 16.5. The minimum absolute atomic E-state index is 0.0354. The lowest BCUT2D eigenvalue weighted by molar-refractivity contribution is 0.0216. The maximum absolute atomic E-state index is 11.9. The van der Waals surface area contributed by atoms with Gasteiger partial charge in [-0.25, -0.2) is 4.79 Å². The largest absolute Gasteiger partial charge is 0.385 e. The lowest BCUT2D eigenvalue weighted by Crippen LogP contribution is -2.48. The summed E-state index contributed by atoms with van der Waals surface area (Å²) in [6, 6.07) is 7.71. The van der Waals surface area contributed by atoms with Crippen LogP contribution in [-0.4, -0.2) is 37.4 Å². The second kappa shape index (κ2) is 7.61. The molecule has 2 unspecified atom stereocenters. The number of urea groups is 1. The smallest absolute Gasteiger partial charge is 0.315 e. The average molecular weight is 306 g/mol. The highest BCUT2D eigenvalue weighted by Crippen LogP contribution is 2.34. The summed E-state index contributed by atoms with van der Waals surface area (Å²) in [5.74, 6) is 0. The lowest BCUT2D eigenvalue weighted by Gasteiger charge is -2.34. The number of hydrogen-bond acceptors (Lipinski definition) is 3. The van der Waals surface area contributed by atoms with Crippen LogP contribution in [0.3, 0.4) is 0 Å². The summed E-state index contributed by atoms with van der Waals surface area (Å²) in [6.45, 7) is 2.77. The van der Waals surface area contributed by atoms with Gasteiger partial charge in [0.2, 0.25) is 0 Å². The van der Waals surface area contributed by atoms with Crippen LogP contribution in [0.25, 0.3) is 0 Å². The molecule has 0 spiro atoms. The second-order valence-corrected chi connectivity index (χ2v) is 6.05. The molecule has 1 aromatic rings. The zero-order chi connectivity index (χ0) is 16.0. The molecule has 0 aliphatic heterocycles. The Morgan fingerprint density at radius 3 is 3.00 bits per heavy atom. The highest BCUT2D eigenvalue weighted by Gasteiger charge is 2.34. The topological polar surface area (TPSA) is 70.6 Å². The summed E-state index contributed by atoms with van der Waals surface area (Å²) in [5.41, 5.74) is 1.14. The second-order valence-electron chi connectivity index (χ2n) is 6.05. The predicted molar refractivity (Wildman–Crippen MR) is 85.8 cm³/mol. The van der Waals surface area contributed by atoms with Crippen molar-refractivity contribution in [2.75, 3.05) is 20.3 Å². The summed E-state index contributed by atoms with van der Waals surface area (Å²) >= 11 is 0. The fourth-order valence-electron chi connectivity index (χ4n) is 2.95. The number of carbonyl (C=O) groups excluding carboxylic acids is 1. The van der Waals surface area contributed by atoms with Crippen molar-refractivity contribution in [3.63, 3.8) is 0 Å². The summed E-state index contributed by atoms with van der Waals surface area (Å²) in [7, 11) is 1.64. The molecular weight excluding hydrogens is 280 g/mol. The number of aryl methyl sites for hydroxylation is 1. The SMILES string of the molecule is COCCC(C)NC(=O)NCC1(O)CCCc2ccccc21. The van der Waals surface area contributed by atoms with Gasteiger partial charge in [0.25, 0.3) is 0 Å². The molecule has 0 saturated carbocycles. The van der Waals surface area contributed by atoms with Crippen molar-refractivity contribution in [3.05, 3.63) is 35.4 Å². The van der Waals surface area contributed by atoms with Crippen LogP contribution >= 0.6 is 0 Å². The molecule has 2 atom stereocenters. The highest BCUT2D eigenvalue weighted by atomic mass is 16.5. The highest BCUT2D eigenvalue weighted by molar-refractivity contribution is 5.74. The monoisotopic (exact) mass is 306 g/mol. The number of fused-ring (bicyclic) bond motifs is 1. The minimum atomic E-state index is -0.970. The number of methoxy groups -OCH3 is 1. The first kappa shape index (κ1) is 16.8. The van der Waals surface area contributed by atoms with Crippen LogP contribution in [0.1, 0.15) is 37.3 Å². The molecule has 122 valence electrons. The van der Waals surface area contributed by atoms with Crippen molar-refractivity contribution in [3.8, 4) is 0 Å². The Morgan fingerprint density at radius 1 is 1.45 bits per heavy atom. The molecule has 2 rings (SSSR count). The minimum Gasteiger partial charge on any atom is -0.385 e. The number of carbonyl (C=O) groups is 1. The van der Waals surface area contributed by atoms with Gasteiger partial charge in [-0.05, 0) is 43.7 Å². The van der Waals surface area contributed by atoms with E-state index in [0.29, 0.717) is 13.0 Å². The van der Waals surface area contributed by atoms with E-state index in [1.165, 1.54) is 5.56 Å². The molecule has 1 aromatic carbocycles. The van der Waals surface area contributed by atoms with Crippen LogP contribution in [-0.2, 0) is 16.8 Å². The predicted octanol–water partition coefficient (Wildman–Crippen LogP) is 1.93. The number of rotatable bonds is 6. The molecule has 3 N–H and O–H groups in total. The summed E-state index contributed by atoms with van der Waals surface area (Å²) in [4.78, 5) is 11.9. The van der Waals surface area contributed by atoms with Gasteiger partial charge in [-0.3, -0.25) is 0 Å². The van der Waals surface area contributed by atoms with Gasteiger partial charge in [0.1, 0.15) is 5.60 Å². The molecule has 1 aliphatic rings. The Kier molecular flexibility index (Phi) is 5.80. The van der Waals surface area contributed by atoms with Crippen molar-refractivity contribution in [2.24, 2.45) is 0 Å². The molecule has 22 heavy (non-hydrogen) atoms. The summed E-state index contributed by atoms with van der Waals surface area (Å²) in [6.07, 6.45) is 3.35. The normalized spacial score (nSPS) is 21.8. The molecule has 0 heterocycles. The van der Waals surface area contributed by atoms with Crippen molar-refractivity contribution in [1.29, 1.82) is 0 Å². The van der Waals surface area contributed by atoms with Gasteiger partial charge < -0.3 is 20.5 Å². The van der Waals surface area contributed by atoms with E-state index < -0.39 is 5.60 Å². The van der Waals surface area contributed by atoms with Crippen LogP contribution in [0.5, 0.6) is 0 Å². The molecule has 0 fully saturated rings. The van der Waals surface area contributed by atoms with Gasteiger partial charge in [0.15, 0.2) is 0 Å². The molecular formula is C17H26N2O3. The Bertz CT molecular complexity index is 506. The number of aliphatic hydroxyl groups is 1. The van der Waals surface area contributed by atoms with Crippen LogP contribution in [0.4, 0.5) is 4.79 Å². The van der Waals surface area contributed by atoms with E-state index in [-0.39, 0.29) is 18.6 Å². The van der Waals surface area contributed by atoms with Crippen LogP contribution in [0.2, 0.25) is 0 Å². The van der Waals surface area contributed by atoms with Gasteiger partial charge in [-0.15, -0.1) is 0 Å². The standard InChI is InChI=1S/C17H26N2O3/c1-13(9-11-22-2)19-16(20)18-12-17(21)10-5-7-14-6-3-4-8-15(14)17/h3-4,6,8,13,21H,5,7,9-12H2,1-2H3,(H2,18,19,20). The quantitative estimate of drug-likeness (QED) is 0.752. The van der Waals surface area contributed by atoms with Gasteiger partial charge in [-0.2, -0.15) is 0 Å². The zero-order valence-electron chi connectivity index (χ0n) is 13.4. The molecule has 0 saturated heterocycles. The molecule has 2 amide bonds. The fraction of sp³-hybridized carbons (Fsp3) is 0.588. The van der Waals surface area contributed by atoms with E-state index in [1.54, 1.807) is 7.11 Å². The van der Waals surface area contributed by atoms with E-state index >= 15 is 0 Å². The van der Waals surface area contributed by atoms with Crippen LogP contribution < -0.4 is 10.6 Å². The van der Waals surface area contributed by atoms with E-state index in [9.17, 15) is 9.90 Å². The van der Waals surface area contributed by atoms with Crippen molar-refractivity contribution >= 4 is 6.03 Å². The maximum atomic E-state index is 11.9. The molecule has 1 aliphatic carbocycles. The number of ether oxygens (including phenoxy) is 1. The molecule has 5 heteroatoms. The van der Waals surface area contributed by atoms with Crippen molar-refractivity contribution in [2.45, 2.75) is 44.2 Å². The van der Waals surface area contributed by atoms with Crippen LogP contribution in [0.15, 0.2) is 24.3 Å². The average Bonchev–Trinajstić information content (AvgIpc) is 2.52. The Labute approximate surface area is 132 Å². The molecule has 5 nitrogen and oxygen atoms in total. The van der Waals surface area contributed by atoms with E-state index in [2.05, 4.69) is 10.6 Å². The van der Waals surface area contributed by atoms with E-state index in [0.717, 1.165) is 24.8 Å². The Hall–Kier alpha value is -1.59. The van der Waals surface area contributed by atoms with Crippen LogP contribution in [0, 0.1) is 0 Å². The number of nitrogens with one attached hydrogen (secondary N) is 2. The zero-order valence-corrected chi connectivity index (χ0v) is 13.4. The first-order chi connectivity index (χ1) is 10.5.